The zero-order valence-electron chi connectivity index (χ0n) is 15.6. The van der Waals surface area contributed by atoms with Gasteiger partial charge in [0.2, 0.25) is 0 Å². The Kier molecular flexibility index (Phi) is 8.56. The molecular formula is C21H26Cl3FN2O. The third-order valence-electron chi connectivity index (χ3n) is 5.78. The van der Waals surface area contributed by atoms with Gasteiger partial charge in [0.1, 0.15) is 5.82 Å². The number of hydrogen-bond donors (Lipinski definition) is 1. The number of nitrogens with zero attached hydrogens (tertiary/aromatic N) is 2. The van der Waals surface area contributed by atoms with Crippen LogP contribution in [0, 0.1) is 5.82 Å². The lowest BCUT2D eigenvalue weighted by molar-refractivity contribution is 0.0827. The van der Waals surface area contributed by atoms with Gasteiger partial charge in [-0.05, 0) is 47.4 Å². The van der Waals surface area contributed by atoms with Crippen molar-refractivity contribution in [3.63, 3.8) is 0 Å². The first-order valence-corrected chi connectivity index (χ1v) is 9.65. The average Bonchev–Trinajstić information content (AvgIpc) is 3.02. The molecule has 1 saturated heterocycles. The maximum atomic E-state index is 13.3. The Morgan fingerprint density at radius 2 is 1.64 bits per heavy atom. The summed E-state index contributed by atoms with van der Waals surface area (Å²) in [5.41, 5.74) is 3.77. The van der Waals surface area contributed by atoms with Crippen LogP contribution < -0.4 is 0 Å². The number of aliphatic hydroxyl groups is 1. The second-order valence-electron chi connectivity index (χ2n) is 7.23. The van der Waals surface area contributed by atoms with E-state index >= 15 is 0 Å². The second kappa shape index (κ2) is 10.2. The number of aliphatic hydroxyl groups excluding tert-OH is 1. The molecule has 0 bridgehead atoms. The Balaban J connectivity index is 0.00000140. The third-order valence-corrected chi connectivity index (χ3v) is 6.01. The van der Waals surface area contributed by atoms with Crippen LogP contribution in [0.25, 0.3) is 0 Å². The molecule has 0 saturated carbocycles. The van der Waals surface area contributed by atoms with Crippen LogP contribution in [0.3, 0.4) is 0 Å². The molecule has 1 aliphatic carbocycles. The zero-order chi connectivity index (χ0) is 18.1. The summed E-state index contributed by atoms with van der Waals surface area (Å²) in [6, 6.07) is 13.5. The first-order chi connectivity index (χ1) is 12.7. The van der Waals surface area contributed by atoms with Gasteiger partial charge >= 0.3 is 0 Å². The summed E-state index contributed by atoms with van der Waals surface area (Å²) in [5, 5.41) is 9.89. The van der Waals surface area contributed by atoms with E-state index in [2.05, 4.69) is 21.9 Å². The van der Waals surface area contributed by atoms with E-state index in [0.29, 0.717) is 6.04 Å². The topological polar surface area (TPSA) is 26.7 Å². The first-order valence-electron chi connectivity index (χ1n) is 9.28. The lowest BCUT2D eigenvalue weighted by atomic mass is 9.93. The minimum Gasteiger partial charge on any atom is -0.395 e. The van der Waals surface area contributed by atoms with Gasteiger partial charge in [-0.3, -0.25) is 9.80 Å². The van der Waals surface area contributed by atoms with Crippen molar-refractivity contribution >= 4 is 36.4 Å². The lowest BCUT2D eigenvalue weighted by Crippen LogP contribution is -2.48. The van der Waals surface area contributed by atoms with Crippen molar-refractivity contribution in [3.05, 3.63) is 70.0 Å². The van der Waals surface area contributed by atoms with Gasteiger partial charge in [0.25, 0.3) is 0 Å². The lowest BCUT2D eigenvalue weighted by Gasteiger charge is -2.38. The van der Waals surface area contributed by atoms with Crippen LogP contribution in [-0.4, -0.2) is 54.2 Å². The molecule has 28 heavy (non-hydrogen) atoms. The number of rotatable bonds is 4. The van der Waals surface area contributed by atoms with E-state index in [1.54, 1.807) is 12.1 Å². The van der Waals surface area contributed by atoms with E-state index in [1.165, 1.54) is 11.1 Å². The minimum absolute atomic E-state index is 0. The van der Waals surface area contributed by atoms with Crippen molar-refractivity contribution in [1.29, 1.82) is 0 Å². The monoisotopic (exact) mass is 446 g/mol. The van der Waals surface area contributed by atoms with Gasteiger partial charge in [0.05, 0.1) is 6.61 Å². The summed E-state index contributed by atoms with van der Waals surface area (Å²) in [6.07, 6.45) is 1.00. The van der Waals surface area contributed by atoms with Crippen molar-refractivity contribution in [1.82, 2.24) is 9.80 Å². The Morgan fingerprint density at radius 1 is 0.964 bits per heavy atom. The number of halogens is 4. The van der Waals surface area contributed by atoms with Crippen LogP contribution in [0.2, 0.25) is 5.02 Å². The van der Waals surface area contributed by atoms with Crippen LogP contribution in [-0.2, 0) is 0 Å². The highest BCUT2D eigenvalue weighted by molar-refractivity contribution is 6.30. The third kappa shape index (κ3) is 4.81. The SMILES string of the molecule is Cl.Cl.OCCN1CCN(C2CC(c3ccc(F)cc3)c3cc(Cl)ccc32)CC1. The molecule has 1 N–H and O–H groups in total. The normalized spacial score (nSPS) is 22.2. The summed E-state index contributed by atoms with van der Waals surface area (Å²) in [4.78, 5) is 4.86. The Bertz CT molecular complexity index is 767. The number of fused-ring (bicyclic) bond motifs is 1. The molecule has 0 amide bonds. The molecule has 0 radical (unpaired) electrons. The van der Waals surface area contributed by atoms with Gasteiger partial charge < -0.3 is 5.11 Å². The van der Waals surface area contributed by atoms with Gasteiger partial charge in [-0.1, -0.05) is 29.8 Å². The molecule has 2 aromatic rings. The predicted octanol–water partition coefficient (Wildman–Crippen LogP) is 4.51. The van der Waals surface area contributed by atoms with Gasteiger partial charge in [0, 0.05) is 49.7 Å². The standard InChI is InChI=1S/C21H24ClFN2O.2ClH/c22-16-3-6-18-20(13-16)19(15-1-4-17(23)5-2-15)14-21(18)25-9-7-24(8-10-25)11-12-26;;/h1-6,13,19,21,26H,7-12,14H2;2*1H. The molecule has 0 spiro atoms. The molecule has 2 unspecified atom stereocenters. The van der Waals surface area contributed by atoms with E-state index < -0.39 is 0 Å². The summed E-state index contributed by atoms with van der Waals surface area (Å²) < 4.78 is 13.3. The van der Waals surface area contributed by atoms with E-state index in [-0.39, 0.29) is 43.2 Å². The fourth-order valence-corrected chi connectivity index (χ4v) is 4.61. The fraction of sp³-hybridized carbons (Fsp3) is 0.429. The number of piperazine rings is 1. The summed E-state index contributed by atoms with van der Waals surface area (Å²) in [5.74, 6) is 0.0550. The van der Waals surface area contributed by atoms with E-state index in [9.17, 15) is 4.39 Å². The van der Waals surface area contributed by atoms with Crippen LogP contribution >= 0.6 is 36.4 Å². The van der Waals surface area contributed by atoms with Crippen molar-refractivity contribution in [2.24, 2.45) is 0 Å². The molecule has 1 aliphatic heterocycles. The summed E-state index contributed by atoms with van der Waals surface area (Å²) >= 11 is 6.28. The van der Waals surface area contributed by atoms with Gasteiger partial charge in [0.15, 0.2) is 0 Å². The molecule has 7 heteroatoms. The molecular weight excluding hydrogens is 422 g/mol. The van der Waals surface area contributed by atoms with Crippen LogP contribution in [0.1, 0.15) is 35.1 Å². The van der Waals surface area contributed by atoms with E-state index in [0.717, 1.165) is 49.7 Å². The highest BCUT2D eigenvalue weighted by Crippen LogP contribution is 2.47. The molecule has 3 nitrogen and oxygen atoms in total. The average molecular weight is 448 g/mol. The summed E-state index contributed by atoms with van der Waals surface area (Å²) in [6.45, 7) is 4.95. The number of benzene rings is 2. The molecule has 1 heterocycles. The molecule has 2 aromatic carbocycles. The van der Waals surface area contributed by atoms with Crippen molar-refractivity contribution in [2.75, 3.05) is 39.3 Å². The Hall–Kier alpha value is -0.880. The molecule has 0 aromatic heterocycles. The Labute approximate surface area is 183 Å². The van der Waals surface area contributed by atoms with Crippen LogP contribution in [0.5, 0.6) is 0 Å². The first kappa shape index (κ1) is 23.4. The fourth-order valence-electron chi connectivity index (χ4n) is 4.42. The van der Waals surface area contributed by atoms with Crippen LogP contribution in [0.4, 0.5) is 4.39 Å². The maximum absolute atomic E-state index is 13.3. The van der Waals surface area contributed by atoms with Crippen molar-refractivity contribution in [3.8, 4) is 0 Å². The van der Waals surface area contributed by atoms with E-state index in [1.807, 2.05) is 18.2 Å². The molecule has 4 rings (SSSR count). The summed E-state index contributed by atoms with van der Waals surface area (Å²) in [7, 11) is 0. The van der Waals surface area contributed by atoms with Crippen molar-refractivity contribution in [2.45, 2.75) is 18.4 Å². The zero-order valence-corrected chi connectivity index (χ0v) is 17.9. The number of β-amino-alcohol motifs (C(OH)–C–C–N with tert-alkyl or cyclic N) is 1. The highest BCUT2D eigenvalue weighted by Gasteiger charge is 2.36. The van der Waals surface area contributed by atoms with Crippen molar-refractivity contribution < 1.29 is 9.50 Å². The molecule has 2 aliphatic rings. The maximum Gasteiger partial charge on any atom is 0.123 e. The minimum atomic E-state index is -0.199. The van der Waals surface area contributed by atoms with Gasteiger partial charge in [-0.15, -0.1) is 24.8 Å². The number of hydrogen-bond acceptors (Lipinski definition) is 3. The molecule has 1 fully saturated rings. The smallest absolute Gasteiger partial charge is 0.123 e. The predicted molar refractivity (Wildman–Crippen MR) is 117 cm³/mol. The quantitative estimate of drug-likeness (QED) is 0.747. The van der Waals surface area contributed by atoms with Crippen LogP contribution in [0.15, 0.2) is 42.5 Å². The second-order valence-corrected chi connectivity index (χ2v) is 7.67. The highest BCUT2D eigenvalue weighted by atomic mass is 35.5. The Morgan fingerprint density at radius 3 is 2.29 bits per heavy atom. The molecule has 154 valence electrons. The largest absolute Gasteiger partial charge is 0.395 e. The van der Waals surface area contributed by atoms with Gasteiger partial charge in [-0.2, -0.15) is 0 Å². The van der Waals surface area contributed by atoms with E-state index in [4.69, 9.17) is 16.7 Å². The molecule has 2 atom stereocenters. The van der Waals surface area contributed by atoms with Gasteiger partial charge in [-0.25, -0.2) is 4.39 Å².